The van der Waals surface area contributed by atoms with Crippen LogP contribution in [0.5, 0.6) is 11.5 Å². The van der Waals surface area contributed by atoms with E-state index in [0.29, 0.717) is 11.5 Å². The van der Waals surface area contributed by atoms with E-state index in [1.807, 2.05) is 12.3 Å². The van der Waals surface area contributed by atoms with Gasteiger partial charge in [-0.05, 0) is 69.6 Å². The van der Waals surface area contributed by atoms with E-state index in [1.165, 1.54) is 22.3 Å². The number of pyridine rings is 1. The Morgan fingerprint density at radius 3 is 1.81 bits per heavy atom. The molecule has 3 heterocycles. The van der Waals surface area contributed by atoms with Gasteiger partial charge < -0.3 is 19.1 Å². The van der Waals surface area contributed by atoms with Crippen LogP contribution >= 0.6 is 0 Å². The number of nitrogens with zero attached hydrogens (tertiary/aromatic N) is 4. The molecule has 0 saturated heterocycles. The van der Waals surface area contributed by atoms with E-state index >= 15 is 0 Å². The first-order valence-corrected chi connectivity index (χ1v) is 22.0. The molecule has 0 saturated carbocycles. The monoisotopic (exact) mass is 1020 g/mol. The molecule has 328 valence electrons. The predicted octanol–water partition coefficient (Wildman–Crippen LogP) is 14.9. The average molecular weight is 1020 g/mol. The Morgan fingerprint density at radius 2 is 1.16 bits per heavy atom. The second-order valence-electron chi connectivity index (χ2n) is 20.0. The molecule has 0 fully saturated rings. The molecular weight excluding hydrogens is 964 g/mol. The van der Waals surface area contributed by atoms with Gasteiger partial charge in [-0.25, -0.2) is 4.98 Å². The SMILES string of the molecule is CC(C)(C)C1=CN(c2cccc(C(C)(C)c3ccccc3)c2)[CH-]N1c1[c-]c(Oc2[c-]c3c(cc2)c2ccccc2n3-c2cc(C(C)(C)c3ccccc3)ccn2)cc(C(C)(C)C)c1.[Pt]. The Bertz CT molecular complexity index is 2990. The number of allylic oxidation sites excluding steroid dienone is 1. The van der Waals surface area contributed by atoms with Crippen LogP contribution in [-0.2, 0) is 37.3 Å². The topological polar surface area (TPSA) is 33.5 Å². The quantitative estimate of drug-likeness (QED) is 0.135. The van der Waals surface area contributed by atoms with Crippen LogP contribution in [0.2, 0.25) is 0 Å². The van der Waals surface area contributed by atoms with Crippen LogP contribution in [0.25, 0.3) is 27.6 Å². The van der Waals surface area contributed by atoms with Crippen molar-refractivity contribution in [2.45, 2.75) is 85.5 Å². The fourth-order valence-corrected chi connectivity index (χ4v) is 8.77. The van der Waals surface area contributed by atoms with E-state index in [0.717, 1.165) is 50.3 Å². The van der Waals surface area contributed by atoms with Crippen molar-refractivity contribution in [3.05, 3.63) is 210 Å². The minimum atomic E-state index is -0.226. The zero-order chi connectivity index (χ0) is 44.3. The van der Waals surface area contributed by atoms with Crippen LogP contribution in [0.3, 0.4) is 0 Å². The molecule has 8 aromatic rings. The zero-order valence-electron chi connectivity index (χ0n) is 38.6. The van der Waals surface area contributed by atoms with Crippen LogP contribution in [0.15, 0.2) is 164 Å². The van der Waals surface area contributed by atoms with Gasteiger partial charge in [0.05, 0.1) is 0 Å². The molecule has 1 aliphatic rings. The van der Waals surface area contributed by atoms with E-state index in [9.17, 15) is 0 Å². The average Bonchev–Trinajstić information content (AvgIpc) is 3.88. The summed E-state index contributed by atoms with van der Waals surface area (Å²) in [5.74, 6) is 2.08. The second-order valence-corrected chi connectivity index (χ2v) is 20.0. The Kier molecular flexibility index (Phi) is 11.8. The van der Waals surface area contributed by atoms with Gasteiger partial charge in [0.1, 0.15) is 5.82 Å². The third-order valence-electron chi connectivity index (χ3n) is 12.8. The van der Waals surface area contributed by atoms with Gasteiger partial charge in [0.25, 0.3) is 0 Å². The molecule has 1 aliphatic heterocycles. The Balaban J connectivity index is 0.00000560. The first-order chi connectivity index (χ1) is 30.0. The number of anilines is 2. The molecule has 9 rings (SSSR count). The van der Waals surface area contributed by atoms with Crippen molar-refractivity contribution in [3.8, 4) is 17.3 Å². The fourth-order valence-electron chi connectivity index (χ4n) is 8.77. The molecule has 5 nitrogen and oxygen atoms in total. The molecule has 0 radical (unpaired) electrons. The van der Waals surface area contributed by atoms with Gasteiger partial charge in [-0.15, -0.1) is 53.6 Å². The van der Waals surface area contributed by atoms with Crippen molar-refractivity contribution in [2.75, 3.05) is 9.80 Å². The predicted molar refractivity (Wildman–Crippen MR) is 262 cm³/mol. The Hall–Kier alpha value is -5.90. The standard InChI is InChI=1S/C58H57N4O.Pt/c1-55(2,3)44-33-46(61-39-60(38-53(61)56(4,5)6)45-25-19-24-42(32-45)57(7,8)40-20-13-11-14-21-40)36-48(34-44)63-47-28-29-50-49-26-17-18-27-51(49)62(52(50)37-47)54-35-43(30-31-59-54)58(9,10)41-22-15-12-16-23-41;/h11-35,38-39H,1-10H3;/q-3;. The number of hydrogen-bond acceptors (Lipinski definition) is 4. The van der Waals surface area contributed by atoms with Crippen LogP contribution in [0.1, 0.15) is 97.1 Å². The number of fused-ring (bicyclic) bond motifs is 3. The summed E-state index contributed by atoms with van der Waals surface area (Å²) in [6, 6.07) is 59.1. The van der Waals surface area contributed by atoms with Gasteiger partial charge in [0.2, 0.25) is 0 Å². The maximum Gasteiger partial charge on any atom is 0.135 e. The van der Waals surface area contributed by atoms with Gasteiger partial charge in [-0.2, -0.15) is 6.07 Å². The Morgan fingerprint density at radius 1 is 0.531 bits per heavy atom. The third kappa shape index (κ3) is 8.43. The number of ether oxygens (including phenoxy) is 1. The van der Waals surface area contributed by atoms with Crippen LogP contribution in [-0.4, -0.2) is 9.55 Å². The molecule has 0 aliphatic carbocycles. The summed E-state index contributed by atoms with van der Waals surface area (Å²) in [4.78, 5) is 9.48. The maximum atomic E-state index is 6.85. The van der Waals surface area contributed by atoms with E-state index in [2.05, 4.69) is 248 Å². The van der Waals surface area contributed by atoms with Gasteiger partial charge >= 0.3 is 0 Å². The van der Waals surface area contributed by atoms with Crippen molar-refractivity contribution in [1.82, 2.24) is 9.55 Å². The summed E-state index contributed by atoms with van der Waals surface area (Å²) in [5, 5.41) is 2.22. The summed E-state index contributed by atoms with van der Waals surface area (Å²) >= 11 is 0. The molecular formula is C58H57N4OPt-3. The normalized spacial score (nSPS) is 13.6. The van der Waals surface area contributed by atoms with Crippen LogP contribution in [0, 0.1) is 24.2 Å². The molecule has 0 amide bonds. The van der Waals surface area contributed by atoms with Gasteiger partial charge in [-0.3, -0.25) is 0 Å². The molecule has 0 spiro atoms. The zero-order valence-corrected chi connectivity index (χ0v) is 40.9. The molecule has 2 aromatic heterocycles. The van der Waals surface area contributed by atoms with E-state index in [-0.39, 0.29) is 42.7 Å². The fraction of sp³-hybridized carbons (Fsp3) is 0.241. The van der Waals surface area contributed by atoms with Crippen molar-refractivity contribution in [3.63, 3.8) is 0 Å². The largest absolute Gasteiger partial charge is 0.509 e. The first-order valence-electron chi connectivity index (χ1n) is 22.0. The summed E-state index contributed by atoms with van der Waals surface area (Å²) in [6.07, 6.45) is 4.18. The van der Waals surface area contributed by atoms with E-state index < -0.39 is 0 Å². The van der Waals surface area contributed by atoms with Gasteiger partial charge in [0, 0.05) is 71.9 Å². The minimum Gasteiger partial charge on any atom is -0.509 e. The molecule has 0 atom stereocenters. The van der Waals surface area contributed by atoms with Crippen molar-refractivity contribution in [2.24, 2.45) is 5.41 Å². The second kappa shape index (κ2) is 16.9. The number of para-hydroxylation sites is 1. The molecule has 64 heavy (non-hydrogen) atoms. The minimum absolute atomic E-state index is 0. The van der Waals surface area contributed by atoms with Crippen molar-refractivity contribution in [1.29, 1.82) is 0 Å². The van der Waals surface area contributed by atoms with Gasteiger partial charge in [-0.1, -0.05) is 166 Å². The number of aromatic nitrogens is 2. The van der Waals surface area contributed by atoms with Gasteiger partial charge in [0.15, 0.2) is 0 Å². The van der Waals surface area contributed by atoms with E-state index in [1.54, 1.807) is 0 Å². The number of benzene rings is 6. The number of hydrogen-bond donors (Lipinski definition) is 0. The molecule has 6 aromatic carbocycles. The van der Waals surface area contributed by atoms with Crippen molar-refractivity contribution < 1.29 is 25.8 Å². The summed E-state index contributed by atoms with van der Waals surface area (Å²) in [6.45, 7) is 24.8. The smallest absolute Gasteiger partial charge is 0.135 e. The molecule has 0 unspecified atom stereocenters. The summed E-state index contributed by atoms with van der Waals surface area (Å²) < 4.78 is 9.07. The first kappa shape index (κ1) is 44.7. The van der Waals surface area contributed by atoms with Crippen LogP contribution in [0.4, 0.5) is 11.4 Å². The summed E-state index contributed by atoms with van der Waals surface area (Å²) in [5.41, 5.74) is 10.6. The van der Waals surface area contributed by atoms with E-state index in [4.69, 9.17) is 9.72 Å². The molecule has 0 bridgehead atoms. The number of rotatable bonds is 9. The molecule has 6 heteroatoms. The van der Waals surface area contributed by atoms with Crippen molar-refractivity contribution >= 4 is 33.2 Å². The molecule has 0 N–H and O–H groups in total. The maximum absolute atomic E-state index is 6.85. The third-order valence-corrected chi connectivity index (χ3v) is 12.8. The summed E-state index contributed by atoms with van der Waals surface area (Å²) in [7, 11) is 0. The Labute approximate surface area is 394 Å². The van der Waals surface area contributed by atoms with Crippen LogP contribution < -0.4 is 14.5 Å².